The molecule has 1 saturated heterocycles. The largest absolute Gasteiger partial charge is 0.415 e. The first-order chi connectivity index (χ1) is 12.0. The van der Waals surface area contributed by atoms with Crippen LogP contribution < -0.4 is 5.32 Å². The standard InChI is InChI=1S/C17H39NO6Si3/c1-12(19)18-14-16(24-27(8,9)10)15(23-26(5,6)7)13(22-17(14)20)11-21-25(2,3)4/h13-17,20H,11H2,1-10H3,(H,18,19)/t13-,14+,15-,16-,17-/m1/s1. The second-order valence-corrected chi connectivity index (χ2v) is 23.5. The molecule has 160 valence electrons. The summed E-state index contributed by atoms with van der Waals surface area (Å²) in [6.07, 6.45) is -2.54. The Morgan fingerprint density at radius 2 is 1.41 bits per heavy atom. The Labute approximate surface area is 167 Å². The van der Waals surface area contributed by atoms with E-state index in [1.54, 1.807) is 0 Å². The highest BCUT2D eigenvalue weighted by atomic mass is 28.4. The lowest BCUT2D eigenvalue weighted by Crippen LogP contribution is -2.68. The molecule has 5 atom stereocenters. The number of aliphatic hydroxyl groups is 1. The minimum absolute atomic E-state index is 0.240. The molecule has 1 fully saturated rings. The molecule has 1 rings (SSSR count). The van der Waals surface area contributed by atoms with Crippen molar-refractivity contribution in [1.29, 1.82) is 0 Å². The van der Waals surface area contributed by atoms with E-state index >= 15 is 0 Å². The Morgan fingerprint density at radius 1 is 0.926 bits per heavy atom. The van der Waals surface area contributed by atoms with E-state index in [4.69, 9.17) is 18.0 Å². The Hall–Kier alpha value is -0.0794. The normalized spacial score (nSPS) is 30.3. The van der Waals surface area contributed by atoms with Crippen LogP contribution in [0.25, 0.3) is 0 Å². The molecule has 0 saturated carbocycles. The molecule has 0 aromatic rings. The zero-order valence-electron chi connectivity index (χ0n) is 18.6. The molecule has 0 radical (unpaired) electrons. The molecule has 2 N–H and O–H groups in total. The molecule has 0 spiro atoms. The van der Waals surface area contributed by atoms with Gasteiger partial charge in [0.25, 0.3) is 0 Å². The maximum absolute atomic E-state index is 11.7. The zero-order valence-corrected chi connectivity index (χ0v) is 21.6. The van der Waals surface area contributed by atoms with Crippen LogP contribution in [0.1, 0.15) is 6.92 Å². The molecule has 0 aliphatic carbocycles. The van der Waals surface area contributed by atoms with Crippen molar-refractivity contribution in [3.8, 4) is 0 Å². The third-order valence-corrected chi connectivity index (χ3v) is 6.69. The Bertz CT molecular complexity index is 500. The van der Waals surface area contributed by atoms with Crippen molar-refractivity contribution < 1.29 is 27.9 Å². The van der Waals surface area contributed by atoms with E-state index in [1.165, 1.54) is 6.92 Å². The number of hydrogen-bond donors (Lipinski definition) is 2. The molecule has 0 aromatic carbocycles. The lowest BCUT2D eigenvalue weighted by molar-refractivity contribution is -0.245. The first-order valence-corrected chi connectivity index (χ1v) is 19.8. The number of aliphatic hydroxyl groups excluding tert-OH is 1. The highest BCUT2D eigenvalue weighted by molar-refractivity contribution is 6.70. The maximum Gasteiger partial charge on any atom is 0.217 e. The predicted octanol–water partition coefficient (Wildman–Crippen LogP) is 2.50. The number of ether oxygens (including phenoxy) is 1. The summed E-state index contributed by atoms with van der Waals surface area (Å²) in [4.78, 5) is 11.7. The molecule has 1 heterocycles. The topological polar surface area (TPSA) is 86.3 Å². The van der Waals surface area contributed by atoms with E-state index in [2.05, 4.69) is 64.2 Å². The van der Waals surface area contributed by atoms with Gasteiger partial charge in [0.2, 0.25) is 5.91 Å². The number of hydrogen-bond acceptors (Lipinski definition) is 6. The molecule has 1 amide bonds. The van der Waals surface area contributed by atoms with Gasteiger partial charge in [0.1, 0.15) is 18.2 Å². The van der Waals surface area contributed by atoms with Crippen LogP contribution >= 0.6 is 0 Å². The van der Waals surface area contributed by atoms with E-state index in [-0.39, 0.29) is 5.91 Å². The minimum Gasteiger partial charge on any atom is -0.415 e. The van der Waals surface area contributed by atoms with Gasteiger partial charge >= 0.3 is 0 Å². The van der Waals surface area contributed by atoms with E-state index in [0.717, 1.165) is 0 Å². The lowest BCUT2D eigenvalue weighted by Gasteiger charge is -2.48. The van der Waals surface area contributed by atoms with E-state index in [0.29, 0.717) is 6.61 Å². The van der Waals surface area contributed by atoms with Gasteiger partial charge in [-0.2, -0.15) is 0 Å². The van der Waals surface area contributed by atoms with Crippen LogP contribution in [0.5, 0.6) is 0 Å². The van der Waals surface area contributed by atoms with Gasteiger partial charge in [-0.05, 0) is 58.9 Å². The predicted molar refractivity (Wildman–Crippen MR) is 114 cm³/mol. The van der Waals surface area contributed by atoms with Crippen LogP contribution in [0.3, 0.4) is 0 Å². The molecule has 10 heteroatoms. The van der Waals surface area contributed by atoms with Crippen molar-refractivity contribution in [2.24, 2.45) is 0 Å². The van der Waals surface area contributed by atoms with Crippen molar-refractivity contribution >= 4 is 30.9 Å². The van der Waals surface area contributed by atoms with Gasteiger partial charge in [-0.15, -0.1) is 0 Å². The molecule has 1 aliphatic heterocycles. The summed E-state index contributed by atoms with van der Waals surface area (Å²) < 4.78 is 24.8. The number of carbonyl (C=O) groups excluding carboxylic acids is 1. The van der Waals surface area contributed by atoms with Crippen molar-refractivity contribution in [2.45, 2.75) is 96.5 Å². The fraction of sp³-hybridized carbons (Fsp3) is 0.941. The third kappa shape index (κ3) is 9.31. The summed E-state index contributed by atoms with van der Waals surface area (Å²) >= 11 is 0. The second kappa shape index (κ2) is 9.16. The summed E-state index contributed by atoms with van der Waals surface area (Å²) in [6.45, 7) is 20.6. The van der Waals surface area contributed by atoms with Gasteiger partial charge in [0.05, 0.1) is 12.7 Å². The van der Waals surface area contributed by atoms with Gasteiger partial charge in [0, 0.05) is 6.92 Å². The summed E-state index contributed by atoms with van der Waals surface area (Å²) in [7, 11) is -5.71. The second-order valence-electron chi connectivity index (χ2n) is 10.1. The zero-order chi connectivity index (χ0) is 21.2. The van der Waals surface area contributed by atoms with Crippen molar-refractivity contribution in [1.82, 2.24) is 5.32 Å². The molecular formula is C17H39NO6Si3. The molecule has 7 nitrogen and oxygen atoms in total. The fourth-order valence-corrected chi connectivity index (χ4v) is 5.74. The average molecular weight is 438 g/mol. The van der Waals surface area contributed by atoms with Crippen LogP contribution in [-0.4, -0.2) is 73.2 Å². The van der Waals surface area contributed by atoms with Crippen LogP contribution in [0.4, 0.5) is 0 Å². The van der Waals surface area contributed by atoms with Gasteiger partial charge in [-0.1, -0.05) is 0 Å². The van der Waals surface area contributed by atoms with Crippen molar-refractivity contribution in [3.63, 3.8) is 0 Å². The van der Waals surface area contributed by atoms with Gasteiger partial charge in [-0.3, -0.25) is 4.79 Å². The maximum atomic E-state index is 11.7. The van der Waals surface area contributed by atoms with Crippen LogP contribution in [0.15, 0.2) is 0 Å². The number of nitrogens with one attached hydrogen (secondary N) is 1. The molecule has 0 bridgehead atoms. The summed E-state index contributed by atoms with van der Waals surface area (Å²) in [6, 6.07) is -0.682. The smallest absolute Gasteiger partial charge is 0.217 e. The summed E-state index contributed by atoms with van der Waals surface area (Å²) in [5.74, 6) is -0.240. The Kier molecular flexibility index (Phi) is 8.47. The fourth-order valence-electron chi connectivity index (χ4n) is 2.87. The number of amides is 1. The molecular weight excluding hydrogens is 398 g/mol. The average Bonchev–Trinajstić information content (AvgIpc) is 2.40. The van der Waals surface area contributed by atoms with Gasteiger partial charge < -0.3 is 28.4 Å². The summed E-state index contributed by atoms with van der Waals surface area (Å²) in [5, 5.41) is 13.4. The monoisotopic (exact) mass is 437 g/mol. The highest BCUT2D eigenvalue weighted by Gasteiger charge is 2.50. The number of carbonyl (C=O) groups is 1. The SMILES string of the molecule is CC(=O)N[C@H]1[C@@H](O[Si](C)(C)C)[C@H](O[Si](C)(C)C)[C@@H](CO[Si](C)(C)C)O[C@H]1O. The van der Waals surface area contributed by atoms with Gasteiger partial charge in [-0.25, -0.2) is 0 Å². The first-order valence-electron chi connectivity index (χ1n) is 9.59. The molecule has 1 aliphatic rings. The van der Waals surface area contributed by atoms with Crippen molar-refractivity contribution in [3.05, 3.63) is 0 Å². The van der Waals surface area contributed by atoms with Crippen molar-refractivity contribution in [2.75, 3.05) is 6.61 Å². The lowest BCUT2D eigenvalue weighted by atomic mass is 9.97. The Morgan fingerprint density at radius 3 is 1.81 bits per heavy atom. The first kappa shape index (κ1) is 25.0. The molecule has 0 aromatic heterocycles. The third-order valence-electron chi connectivity index (χ3n) is 3.70. The quantitative estimate of drug-likeness (QED) is 0.568. The van der Waals surface area contributed by atoms with Crippen LogP contribution in [0.2, 0.25) is 58.9 Å². The van der Waals surface area contributed by atoms with E-state index in [1.807, 2.05) is 0 Å². The van der Waals surface area contributed by atoms with Crippen LogP contribution in [-0.2, 0) is 22.8 Å². The molecule has 0 unspecified atom stereocenters. The van der Waals surface area contributed by atoms with E-state index < -0.39 is 55.6 Å². The highest BCUT2D eigenvalue weighted by Crippen LogP contribution is 2.30. The molecule has 27 heavy (non-hydrogen) atoms. The summed E-state index contributed by atoms with van der Waals surface area (Å²) in [5.41, 5.74) is 0. The van der Waals surface area contributed by atoms with Crippen LogP contribution in [0, 0.1) is 0 Å². The Balaban J connectivity index is 3.22. The number of rotatable bonds is 8. The minimum atomic E-state index is -1.99. The van der Waals surface area contributed by atoms with E-state index in [9.17, 15) is 9.90 Å². The van der Waals surface area contributed by atoms with Gasteiger partial charge in [0.15, 0.2) is 31.2 Å².